The van der Waals surface area contributed by atoms with Gasteiger partial charge in [0.15, 0.2) is 5.78 Å². The van der Waals surface area contributed by atoms with Crippen LogP contribution in [0.15, 0.2) is 54.9 Å². The molecule has 44 heavy (non-hydrogen) atoms. The van der Waals surface area contributed by atoms with Gasteiger partial charge < -0.3 is 20.6 Å². The SMILES string of the molecule is NC(=O)C[C@H](CCCCCCCCCCCCC=O)C(=O)[C@H](CCCC(=O)OCc1ccccc1)NC(=O)c1ccncc1. The maximum atomic E-state index is 13.7. The number of hydrogen-bond donors (Lipinski definition) is 2. The van der Waals surface area contributed by atoms with Gasteiger partial charge in [-0.2, -0.15) is 0 Å². The topological polar surface area (TPSA) is 146 Å². The number of nitrogens with two attached hydrogens (primary N) is 1. The summed E-state index contributed by atoms with van der Waals surface area (Å²) in [4.78, 5) is 65.2. The van der Waals surface area contributed by atoms with Crippen LogP contribution in [0.25, 0.3) is 0 Å². The largest absolute Gasteiger partial charge is 0.461 e. The summed E-state index contributed by atoms with van der Waals surface area (Å²) < 4.78 is 5.36. The summed E-state index contributed by atoms with van der Waals surface area (Å²) >= 11 is 0. The lowest BCUT2D eigenvalue weighted by molar-refractivity contribution is -0.145. The van der Waals surface area contributed by atoms with E-state index >= 15 is 0 Å². The zero-order chi connectivity index (χ0) is 31.8. The second-order valence-electron chi connectivity index (χ2n) is 11.3. The van der Waals surface area contributed by atoms with Gasteiger partial charge in [0.2, 0.25) is 5.91 Å². The summed E-state index contributed by atoms with van der Waals surface area (Å²) in [6.07, 6.45) is 16.4. The molecule has 1 heterocycles. The van der Waals surface area contributed by atoms with Gasteiger partial charge in [0, 0.05) is 43.1 Å². The zero-order valence-electron chi connectivity index (χ0n) is 25.9. The summed E-state index contributed by atoms with van der Waals surface area (Å²) in [6, 6.07) is 11.6. The van der Waals surface area contributed by atoms with E-state index in [0.29, 0.717) is 24.8 Å². The average Bonchev–Trinajstić information content (AvgIpc) is 3.03. The number of pyridine rings is 1. The first-order valence-electron chi connectivity index (χ1n) is 16.1. The van der Waals surface area contributed by atoms with E-state index in [9.17, 15) is 24.0 Å². The van der Waals surface area contributed by atoms with Gasteiger partial charge in [-0.15, -0.1) is 0 Å². The number of aromatic nitrogens is 1. The van der Waals surface area contributed by atoms with E-state index in [-0.39, 0.29) is 37.6 Å². The van der Waals surface area contributed by atoms with E-state index in [1.807, 2.05) is 30.3 Å². The number of esters is 1. The normalized spacial score (nSPS) is 12.2. The molecular formula is C35H49N3O6. The zero-order valence-corrected chi connectivity index (χ0v) is 25.9. The van der Waals surface area contributed by atoms with Crippen LogP contribution >= 0.6 is 0 Å². The lowest BCUT2D eigenvalue weighted by Crippen LogP contribution is -2.44. The van der Waals surface area contributed by atoms with Gasteiger partial charge in [-0.25, -0.2) is 0 Å². The summed E-state index contributed by atoms with van der Waals surface area (Å²) in [5.74, 6) is -2.20. The van der Waals surface area contributed by atoms with Crippen molar-refractivity contribution in [1.29, 1.82) is 0 Å². The highest BCUT2D eigenvalue weighted by atomic mass is 16.5. The lowest BCUT2D eigenvalue weighted by Gasteiger charge is -2.23. The number of Topliss-reactive ketones (excluding diaryl/α,β-unsaturated/α-hetero) is 1. The second kappa shape index (κ2) is 22.6. The molecule has 2 amide bonds. The van der Waals surface area contributed by atoms with Crippen LogP contribution in [0.4, 0.5) is 0 Å². The van der Waals surface area contributed by atoms with Crippen molar-refractivity contribution in [2.45, 2.75) is 115 Å². The standard InChI is InChI=1S/C35H49N3O6/c36-32(40)26-30(18-13-8-6-4-2-1-3-5-7-9-14-25-39)34(42)31(38-35(43)29-21-23-37-24-22-29)19-15-20-33(41)44-27-28-16-11-10-12-17-28/h10-12,16-17,21-25,30-31H,1-9,13-15,18-20,26-27H2,(H2,36,40)(H,38,43)/t30-,31-/m0/s1. The molecule has 0 saturated carbocycles. The Kier molecular flexibility index (Phi) is 18.7. The number of primary amides is 1. The van der Waals surface area contributed by atoms with Gasteiger partial charge in [-0.1, -0.05) is 88.1 Å². The van der Waals surface area contributed by atoms with Gasteiger partial charge in [0.1, 0.15) is 12.9 Å². The Labute approximate surface area is 261 Å². The lowest BCUT2D eigenvalue weighted by atomic mass is 9.87. The predicted molar refractivity (Wildman–Crippen MR) is 169 cm³/mol. The highest BCUT2D eigenvalue weighted by Crippen LogP contribution is 2.21. The van der Waals surface area contributed by atoms with Gasteiger partial charge in [0.05, 0.1) is 6.04 Å². The maximum absolute atomic E-state index is 13.7. The van der Waals surface area contributed by atoms with Crippen LogP contribution < -0.4 is 11.1 Å². The number of nitrogens with zero attached hydrogens (tertiary/aromatic N) is 1. The molecule has 2 rings (SSSR count). The van der Waals surface area contributed by atoms with E-state index in [1.54, 1.807) is 12.1 Å². The first-order chi connectivity index (χ1) is 21.4. The number of hydrogen-bond acceptors (Lipinski definition) is 7. The van der Waals surface area contributed by atoms with Crippen LogP contribution in [0.5, 0.6) is 0 Å². The van der Waals surface area contributed by atoms with Crippen LogP contribution in [0, 0.1) is 5.92 Å². The van der Waals surface area contributed by atoms with Crippen LogP contribution in [0.3, 0.4) is 0 Å². The molecule has 0 unspecified atom stereocenters. The molecule has 3 N–H and O–H groups in total. The van der Waals surface area contributed by atoms with Crippen LogP contribution in [-0.4, -0.2) is 40.9 Å². The Morgan fingerprint density at radius 3 is 2.02 bits per heavy atom. The molecule has 0 spiro atoms. The molecule has 0 saturated heterocycles. The number of nitrogens with one attached hydrogen (secondary N) is 1. The van der Waals surface area contributed by atoms with Gasteiger partial charge in [0.25, 0.3) is 5.91 Å². The van der Waals surface area contributed by atoms with E-state index in [0.717, 1.165) is 56.8 Å². The van der Waals surface area contributed by atoms with Crippen LogP contribution in [0.2, 0.25) is 0 Å². The van der Waals surface area contributed by atoms with Crippen molar-refractivity contribution in [1.82, 2.24) is 10.3 Å². The number of amides is 2. The van der Waals surface area contributed by atoms with Crippen molar-refractivity contribution in [3.63, 3.8) is 0 Å². The summed E-state index contributed by atoms with van der Waals surface area (Å²) in [5, 5.41) is 2.83. The van der Waals surface area contributed by atoms with Gasteiger partial charge in [-0.3, -0.25) is 24.2 Å². The van der Waals surface area contributed by atoms with Crippen LogP contribution in [-0.2, 0) is 30.5 Å². The molecular weight excluding hydrogens is 558 g/mol. The molecule has 9 heteroatoms. The minimum Gasteiger partial charge on any atom is -0.461 e. The van der Waals surface area contributed by atoms with Crippen LogP contribution in [0.1, 0.15) is 119 Å². The quantitative estimate of drug-likeness (QED) is 0.0796. The van der Waals surface area contributed by atoms with E-state index in [1.165, 1.54) is 31.7 Å². The van der Waals surface area contributed by atoms with Crippen molar-refractivity contribution in [3.05, 3.63) is 66.0 Å². The molecule has 0 fully saturated rings. The molecule has 0 aliphatic rings. The monoisotopic (exact) mass is 607 g/mol. The predicted octanol–water partition coefficient (Wildman–Crippen LogP) is 6.03. The number of ketones is 1. The number of carbonyl (C=O) groups is 5. The number of benzene rings is 1. The Morgan fingerprint density at radius 1 is 0.795 bits per heavy atom. The first-order valence-corrected chi connectivity index (χ1v) is 16.1. The Bertz CT molecular complexity index is 1130. The molecule has 9 nitrogen and oxygen atoms in total. The fourth-order valence-electron chi connectivity index (χ4n) is 5.20. The molecule has 240 valence electrons. The highest BCUT2D eigenvalue weighted by Gasteiger charge is 2.29. The fraction of sp³-hybridized carbons (Fsp3) is 0.543. The van der Waals surface area contributed by atoms with Gasteiger partial charge >= 0.3 is 5.97 Å². The average molecular weight is 608 g/mol. The molecule has 1 aromatic heterocycles. The minimum absolute atomic E-state index is 0.0797. The third-order valence-corrected chi connectivity index (χ3v) is 7.68. The van der Waals surface area contributed by atoms with E-state index in [4.69, 9.17) is 10.5 Å². The number of aldehydes is 1. The van der Waals surface area contributed by atoms with Crippen molar-refractivity contribution in [3.8, 4) is 0 Å². The third-order valence-electron chi connectivity index (χ3n) is 7.68. The first kappa shape index (κ1) is 36.3. The minimum atomic E-state index is -0.867. The molecule has 0 aliphatic heterocycles. The fourth-order valence-corrected chi connectivity index (χ4v) is 5.20. The van der Waals surface area contributed by atoms with E-state index in [2.05, 4.69) is 10.3 Å². The third kappa shape index (κ3) is 16.1. The van der Waals surface area contributed by atoms with Crippen molar-refractivity contribution >= 4 is 29.9 Å². The van der Waals surface area contributed by atoms with E-state index < -0.39 is 23.8 Å². The smallest absolute Gasteiger partial charge is 0.306 e. The molecule has 0 aliphatic carbocycles. The Morgan fingerprint density at radius 2 is 1.41 bits per heavy atom. The molecule has 2 aromatic rings. The van der Waals surface area contributed by atoms with Crippen molar-refractivity contribution in [2.75, 3.05) is 0 Å². The number of ether oxygens (including phenoxy) is 1. The molecule has 0 radical (unpaired) electrons. The summed E-state index contributed by atoms with van der Waals surface area (Å²) in [7, 11) is 0. The molecule has 1 aromatic carbocycles. The molecule has 2 atom stereocenters. The second-order valence-corrected chi connectivity index (χ2v) is 11.3. The maximum Gasteiger partial charge on any atom is 0.306 e. The summed E-state index contributed by atoms with van der Waals surface area (Å²) in [6.45, 7) is 0.171. The number of rotatable bonds is 25. The van der Waals surface area contributed by atoms with Crippen molar-refractivity contribution in [2.24, 2.45) is 11.7 Å². The van der Waals surface area contributed by atoms with Gasteiger partial charge in [-0.05, 0) is 43.4 Å². The Hall–Kier alpha value is -3.88. The number of carbonyl (C=O) groups excluding carboxylic acids is 5. The molecule has 0 bridgehead atoms. The number of unbranched alkanes of at least 4 members (excludes halogenated alkanes) is 10. The Balaban J connectivity index is 1.87. The highest BCUT2D eigenvalue weighted by molar-refractivity contribution is 5.99. The van der Waals surface area contributed by atoms with Crippen molar-refractivity contribution < 1.29 is 28.7 Å². The summed E-state index contributed by atoms with van der Waals surface area (Å²) in [5.41, 5.74) is 6.77.